The summed E-state index contributed by atoms with van der Waals surface area (Å²) in [5.74, 6) is -0.716. The lowest BCUT2D eigenvalue weighted by molar-refractivity contribution is -0.119. The Morgan fingerprint density at radius 3 is 1.77 bits per heavy atom. The van der Waals surface area contributed by atoms with E-state index in [1.165, 1.54) is 21.8 Å². The molecule has 0 saturated carbocycles. The van der Waals surface area contributed by atoms with Gasteiger partial charge in [0.15, 0.2) is 22.3 Å². The fourth-order valence-electron chi connectivity index (χ4n) is 10.8. The monoisotopic (exact) mass is 1200 g/mol. The van der Waals surface area contributed by atoms with Gasteiger partial charge in [0.2, 0.25) is 23.7 Å². The van der Waals surface area contributed by atoms with Crippen molar-refractivity contribution in [2.24, 2.45) is 17.3 Å². The lowest BCUT2D eigenvalue weighted by Gasteiger charge is -2.39. The number of hydrogen-bond acceptors (Lipinski definition) is 19. The van der Waals surface area contributed by atoms with Crippen LogP contribution in [0.2, 0.25) is 0 Å². The Kier molecular flexibility index (Phi) is 19.5. The number of phosphoric acid groups is 1. The summed E-state index contributed by atoms with van der Waals surface area (Å²) in [7, 11) is -1.88. The molecule has 8 atom stereocenters. The summed E-state index contributed by atoms with van der Waals surface area (Å²) in [6.45, 7) is 13.7. The number of aromatic amines is 2. The lowest BCUT2D eigenvalue weighted by atomic mass is 9.73. The molecule has 0 bridgehead atoms. The van der Waals surface area contributed by atoms with Gasteiger partial charge in [-0.05, 0) is 60.2 Å². The molecule has 5 N–H and O–H groups in total. The molecular weight excluding hydrogens is 1130 g/mol. The molecule has 4 aromatic heterocycles. The second-order valence-electron chi connectivity index (χ2n) is 21.8. The van der Waals surface area contributed by atoms with Crippen molar-refractivity contribution >= 4 is 53.9 Å². The van der Waals surface area contributed by atoms with Crippen molar-refractivity contribution in [2.75, 3.05) is 38.1 Å². The number of aromatic nitrogens is 8. The van der Waals surface area contributed by atoms with Gasteiger partial charge in [0.25, 0.3) is 11.1 Å². The number of methoxy groups -OCH3 is 2. The van der Waals surface area contributed by atoms with E-state index in [1.54, 1.807) is 48.0 Å². The molecule has 456 valence electrons. The fourth-order valence-corrected chi connectivity index (χ4v) is 12.5. The van der Waals surface area contributed by atoms with Crippen LogP contribution in [-0.4, -0.2) is 114 Å². The number of phosphoric ester groups is 1. The first-order valence-corrected chi connectivity index (χ1v) is 29.9. The van der Waals surface area contributed by atoms with Gasteiger partial charge in [-0.3, -0.25) is 62.5 Å². The smallest absolute Gasteiger partial charge is 0.475 e. The summed E-state index contributed by atoms with van der Waals surface area (Å²) >= 11 is 0. The maximum Gasteiger partial charge on any atom is 0.475 e. The number of carbonyl (C=O) groups excluding carboxylic acids is 2. The van der Waals surface area contributed by atoms with E-state index >= 15 is 4.57 Å². The average molecular weight is 1200 g/mol. The highest BCUT2D eigenvalue weighted by atomic mass is 31.2. The Morgan fingerprint density at radius 1 is 0.791 bits per heavy atom. The molecule has 6 heterocycles. The number of H-pyrrole nitrogens is 2. The number of aliphatic hydroxyl groups excluding tert-OH is 1. The molecule has 2 fully saturated rings. The van der Waals surface area contributed by atoms with Crippen molar-refractivity contribution < 1.29 is 56.5 Å². The topological polar surface area (TPSA) is 320 Å². The highest BCUT2D eigenvalue weighted by Crippen LogP contribution is 2.58. The number of allylic oxidation sites excluding steroid dienone is 1. The molecule has 0 aliphatic carbocycles. The van der Waals surface area contributed by atoms with E-state index in [9.17, 15) is 29.5 Å². The first kappa shape index (κ1) is 62.6. The van der Waals surface area contributed by atoms with E-state index in [1.807, 2.05) is 92.7 Å². The number of imidazole rings is 2. The third kappa shape index (κ3) is 13.1. The van der Waals surface area contributed by atoms with E-state index in [0.29, 0.717) is 41.9 Å². The Labute approximate surface area is 496 Å². The predicted molar refractivity (Wildman–Crippen MR) is 316 cm³/mol. The largest absolute Gasteiger partial charge is 0.497 e. The van der Waals surface area contributed by atoms with Crippen LogP contribution < -0.4 is 31.2 Å². The number of nitriles is 1. The molecule has 7 aromatic rings. The predicted octanol–water partition coefficient (Wildman–Crippen LogP) is 8.59. The van der Waals surface area contributed by atoms with Crippen LogP contribution in [0.5, 0.6) is 11.5 Å². The average Bonchev–Trinajstić information content (AvgIpc) is 1.15. The third-order valence-electron chi connectivity index (χ3n) is 15.9. The number of hydrogen-bond donors (Lipinski definition) is 5. The van der Waals surface area contributed by atoms with Gasteiger partial charge in [-0.25, -0.2) is 14.5 Å². The molecule has 2 unspecified atom stereocenters. The minimum absolute atomic E-state index is 0.0435. The van der Waals surface area contributed by atoms with Gasteiger partial charge in [0.1, 0.15) is 47.9 Å². The molecule has 2 aliphatic heterocycles. The number of anilines is 2. The molecule has 2 aliphatic rings. The van der Waals surface area contributed by atoms with Crippen LogP contribution in [0.25, 0.3) is 22.3 Å². The van der Waals surface area contributed by atoms with Crippen LogP contribution in [0.1, 0.15) is 109 Å². The summed E-state index contributed by atoms with van der Waals surface area (Å²) in [6.07, 6.45) is -2.78. The number of aliphatic hydroxyl groups is 1. The van der Waals surface area contributed by atoms with Crippen molar-refractivity contribution in [3.05, 3.63) is 142 Å². The quantitative estimate of drug-likeness (QED) is 0.0183. The minimum atomic E-state index is -5.02. The van der Waals surface area contributed by atoms with Crippen LogP contribution in [-0.2, 0) is 47.5 Å². The van der Waals surface area contributed by atoms with Gasteiger partial charge in [0, 0.05) is 30.1 Å². The molecule has 9 rings (SSSR count). The number of fused-ring (bicyclic) bond motifs is 2. The molecule has 2 saturated heterocycles. The highest BCUT2D eigenvalue weighted by molar-refractivity contribution is 7.48. The van der Waals surface area contributed by atoms with Gasteiger partial charge < -0.3 is 28.8 Å². The zero-order valence-corrected chi connectivity index (χ0v) is 50.0. The normalized spacial score (nSPS) is 20.0. The van der Waals surface area contributed by atoms with E-state index in [2.05, 4.69) is 53.2 Å². The molecule has 25 nitrogen and oxygen atoms in total. The summed E-state index contributed by atoms with van der Waals surface area (Å²) in [5, 5.41) is 27.3. The van der Waals surface area contributed by atoms with Gasteiger partial charge in [-0.2, -0.15) is 15.2 Å². The van der Waals surface area contributed by atoms with Crippen molar-refractivity contribution in [3.8, 4) is 17.6 Å². The van der Waals surface area contributed by atoms with Crippen molar-refractivity contribution in [1.82, 2.24) is 39.0 Å². The minimum Gasteiger partial charge on any atom is -0.497 e. The summed E-state index contributed by atoms with van der Waals surface area (Å²) in [4.78, 5) is 75.0. The van der Waals surface area contributed by atoms with Crippen LogP contribution in [0.3, 0.4) is 0 Å². The second kappa shape index (κ2) is 26.8. The zero-order chi connectivity index (χ0) is 61.5. The number of benzene rings is 3. The molecule has 0 radical (unpaired) electrons. The lowest BCUT2D eigenvalue weighted by Crippen LogP contribution is -2.39. The Balaban J connectivity index is 1.12. The molecular formula is C60H72N11O14P. The van der Waals surface area contributed by atoms with E-state index < -0.39 is 97.3 Å². The van der Waals surface area contributed by atoms with Gasteiger partial charge in [-0.1, -0.05) is 102 Å². The van der Waals surface area contributed by atoms with Crippen molar-refractivity contribution in [2.45, 2.75) is 129 Å². The summed E-state index contributed by atoms with van der Waals surface area (Å²) < 4.78 is 70.9. The van der Waals surface area contributed by atoms with Crippen LogP contribution in [0.4, 0.5) is 11.9 Å². The number of rotatable bonds is 27. The number of nitrogens with one attached hydrogen (secondary N) is 4. The van der Waals surface area contributed by atoms with Gasteiger partial charge in [0.05, 0.1) is 64.8 Å². The van der Waals surface area contributed by atoms with E-state index in [-0.39, 0.29) is 66.0 Å². The van der Waals surface area contributed by atoms with Gasteiger partial charge in [-0.15, -0.1) is 6.58 Å². The van der Waals surface area contributed by atoms with Crippen molar-refractivity contribution in [1.29, 1.82) is 5.26 Å². The third-order valence-corrected chi connectivity index (χ3v) is 17.4. The molecule has 0 spiro atoms. The Hall–Kier alpha value is -7.92. The van der Waals surface area contributed by atoms with Gasteiger partial charge >= 0.3 is 7.82 Å². The Morgan fingerprint density at radius 2 is 1.29 bits per heavy atom. The SMILES string of the molecule is C=CCC(CC)(CC)C(CC#N)OP(=O)(OC[C@H]1O[C@@H](n2cnc3c(=O)[nH]c(NC(=O)C(C)C)nc32)C[C@@H]1O)O[C@H]1C[C@H](n2cnc3c(=O)[nH]c(NC(=O)C(C)C)nc32)O[C@@H]1COC(c1ccccc1)(c1ccc(OC)cc1)c1ccc(OC)cc1. The van der Waals surface area contributed by atoms with Crippen LogP contribution >= 0.6 is 7.82 Å². The Bertz CT molecular complexity index is 3680. The van der Waals surface area contributed by atoms with E-state index in [0.717, 1.165) is 5.56 Å². The first-order valence-electron chi connectivity index (χ1n) is 28.4. The fraction of sp³-hybridized carbons (Fsp3) is 0.450. The molecule has 2 amide bonds. The molecule has 86 heavy (non-hydrogen) atoms. The maximum absolute atomic E-state index is 16.2. The number of amides is 2. The van der Waals surface area contributed by atoms with Crippen molar-refractivity contribution in [3.63, 3.8) is 0 Å². The standard InChI is InChI=1S/C60H72N11O14P/c1-10-27-59(11-2,12-3)46(26-28-61)85-86(77,81-32-44-42(72)29-47(82-44)70-33-62-49-51(70)64-57(68-55(49)75)66-53(73)35(4)5)84-43-30-48(71-34-63-50-52(71)65-58(69-56(50)76)67-54(74)36(6)7)83-45(43)31-80-60(37-16-14-13-15-17-37,38-18-22-40(78-8)23-19-38)39-20-24-41(79-9)25-21-39/h10,13-25,33-36,42-48,72H,1,11-12,26-27,29-32H2,2-9H3,(H2,64,66,68,73,75)(H2,65,67,69,74,76)/t42-,43-,44+,45+,46?,47+,48+,86?/m0/s1. The number of nitrogens with zero attached hydrogens (tertiary/aromatic N) is 7. The molecule has 26 heteroatoms. The zero-order valence-electron chi connectivity index (χ0n) is 49.1. The second-order valence-corrected chi connectivity index (χ2v) is 23.4. The number of carbonyl (C=O) groups is 2. The highest BCUT2D eigenvalue weighted by Gasteiger charge is 2.50. The van der Waals surface area contributed by atoms with E-state index in [4.69, 9.17) is 37.3 Å². The molecule has 3 aromatic carbocycles. The van der Waals surface area contributed by atoms with Crippen LogP contribution in [0, 0.1) is 28.6 Å². The van der Waals surface area contributed by atoms with Crippen LogP contribution in [0.15, 0.2) is 114 Å². The first-order chi connectivity index (χ1) is 41.3. The summed E-state index contributed by atoms with van der Waals surface area (Å²) in [6, 6.07) is 26.6. The summed E-state index contributed by atoms with van der Waals surface area (Å²) in [5.41, 5.74) is -1.38. The maximum atomic E-state index is 16.2. The number of ether oxygens (including phenoxy) is 5.